The largest absolute Gasteiger partial charge is 0.356 e. The third-order valence-corrected chi connectivity index (χ3v) is 5.40. The number of hydrogen-bond donors (Lipinski definition) is 2. The Morgan fingerprint density at radius 2 is 2.10 bits per heavy atom. The van der Waals surface area contributed by atoms with Gasteiger partial charge in [0.2, 0.25) is 5.91 Å². The van der Waals surface area contributed by atoms with Gasteiger partial charge in [-0.1, -0.05) is 29.3 Å². The lowest BCUT2D eigenvalue weighted by molar-refractivity contribution is -0.123. The molecule has 1 spiro atoms. The molecule has 3 nitrogen and oxygen atoms in total. The summed E-state index contributed by atoms with van der Waals surface area (Å²) in [4.78, 5) is 12.2. The van der Waals surface area contributed by atoms with Crippen molar-refractivity contribution in [2.45, 2.75) is 25.7 Å². The second-order valence-corrected chi connectivity index (χ2v) is 6.99. The van der Waals surface area contributed by atoms with E-state index in [1.807, 2.05) is 12.1 Å². The second kappa shape index (κ2) is 6.15. The quantitative estimate of drug-likeness (QED) is 0.892. The van der Waals surface area contributed by atoms with Gasteiger partial charge in [0.25, 0.3) is 0 Å². The van der Waals surface area contributed by atoms with E-state index in [4.69, 9.17) is 23.2 Å². The highest BCUT2D eigenvalue weighted by Gasteiger charge is 2.57. The van der Waals surface area contributed by atoms with Crippen molar-refractivity contribution in [3.8, 4) is 0 Å². The van der Waals surface area contributed by atoms with Crippen molar-refractivity contribution in [2.75, 3.05) is 19.6 Å². The Hall–Kier alpha value is -0.770. The van der Waals surface area contributed by atoms with E-state index in [1.54, 1.807) is 6.07 Å². The Bertz CT molecular complexity index is 541. The van der Waals surface area contributed by atoms with Gasteiger partial charge in [0.15, 0.2) is 0 Å². The molecule has 0 bridgehead atoms. The number of carbonyl (C=O) groups excluding carboxylic acids is 1. The summed E-state index contributed by atoms with van der Waals surface area (Å²) in [6.07, 6.45) is 4.06. The molecule has 2 fully saturated rings. The van der Waals surface area contributed by atoms with Crippen LogP contribution in [0.3, 0.4) is 0 Å². The first-order valence-corrected chi connectivity index (χ1v) is 8.29. The molecule has 1 aliphatic heterocycles. The van der Waals surface area contributed by atoms with Gasteiger partial charge in [-0.3, -0.25) is 4.79 Å². The van der Waals surface area contributed by atoms with E-state index in [0.29, 0.717) is 22.0 Å². The molecular weight excluding hydrogens is 307 g/mol. The zero-order valence-corrected chi connectivity index (χ0v) is 13.4. The molecule has 5 heteroatoms. The maximum atomic E-state index is 12.2. The van der Waals surface area contributed by atoms with Gasteiger partial charge in [-0.2, -0.15) is 0 Å². The summed E-state index contributed by atoms with van der Waals surface area (Å²) in [6.45, 7) is 2.72. The van der Waals surface area contributed by atoms with Crippen molar-refractivity contribution in [3.63, 3.8) is 0 Å². The third-order valence-electron chi connectivity index (χ3n) is 4.81. The Balaban J connectivity index is 1.46. The van der Waals surface area contributed by atoms with Gasteiger partial charge in [0.05, 0.1) is 0 Å². The van der Waals surface area contributed by atoms with Crippen LogP contribution < -0.4 is 10.6 Å². The smallest absolute Gasteiger partial charge is 0.223 e. The first-order chi connectivity index (χ1) is 10.1. The maximum Gasteiger partial charge on any atom is 0.223 e. The minimum Gasteiger partial charge on any atom is -0.356 e. The number of benzene rings is 1. The van der Waals surface area contributed by atoms with Gasteiger partial charge in [-0.25, -0.2) is 0 Å². The first kappa shape index (κ1) is 15.1. The van der Waals surface area contributed by atoms with Crippen molar-refractivity contribution in [2.24, 2.45) is 11.3 Å². The van der Waals surface area contributed by atoms with Gasteiger partial charge < -0.3 is 10.6 Å². The molecule has 1 unspecified atom stereocenters. The molecule has 1 amide bonds. The van der Waals surface area contributed by atoms with E-state index in [-0.39, 0.29) is 11.8 Å². The summed E-state index contributed by atoms with van der Waals surface area (Å²) in [5, 5.41) is 7.72. The average molecular weight is 327 g/mol. The lowest BCUT2D eigenvalue weighted by atomic mass is 9.92. The van der Waals surface area contributed by atoms with E-state index in [9.17, 15) is 4.79 Å². The molecule has 0 radical (unpaired) electrons. The highest BCUT2D eigenvalue weighted by molar-refractivity contribution is 6.35. The number of halogens is 2. The van der Waals surface area contributed by atoms with Crippen molar-refractivity contribution in [1.29, 1.82) is 0 Å². The minimum atomic E-state index is 0.210. The van der Waals surface area contributed by atoms with E-state index in [0.717, 1.165) is 44.3 Å². The monoisotopic (exact) mass is 326 g/mol. The predicted octanol–water partition coefficient (Wildman–Crippen LogP) is 3.04. The second-order valence-electron chi connectivity index (χ2n) is 6.15. The van der Waals surface area contributed by atoms with Crippen LogP contribution in [0.2, 0.25) is 10.0 Å². The molecular formula is C16H20Cl2N2O. The summed E-state index contributed by atoms with van der Waals surface area (Å²) >= 11 is 12.0. The Morgan fingerprint density at radius 3 is 2.81 bits per heavy atom. The molecule has 1 aromatic carbocycles. The topological polar surface area (TPSA) is 41.1 Å². The Kier molecular flexibility index (Phi) is 4.43. The number of rotatable bonds is 4. The van der Waals surface area contributed by atoms with Crippen molar-refractivity contribution < 1.29 is 4.79 Å². The SMILES string of the molecule is O=C(NCCc1ccc(Cl)cc1Cl)C1CC12CCNCC2. The van der Waals surface area contributed by atoms with Crippen LogP contribution in [0.4, 0.5) is 0 Å². The molecule has 2 N–H and O–H groups in total. The van der Waals surface area contributed by atoms with E-state index in [2.05, 4.69) is 10.6 Å². The molecule has 1 atom stereocenters. The zero-order chi connectivity index (χ0) is 14.9. The Morgan fingerprint density at radius 1 is 1.33 bits per heavy atom. The number of carbonyl (C=O) groups is 1. The fourth-order valence-electron chi connectivity index (χ4n) is 3.36. The lowest BCUT2D eigenvalue weighted by Crippen LogP contribution is -2.34. The summed E-state index contributed by atoms with van der Waals surface area (Å²) < 4.78 is 0. The third kappa shape index (κ3) is 3.36. The van der Waals surface area contributed by atoms with Crippen molar-refractivity contribution >= 4 is 29.1 Å². The summed E-state index contributed by atoms with van der Waals surface area (Å²) in [6, 6.07) is 5.49. The standard InChI is InChI=1S/C16H20Cl2N2O/c17-12-2-1-11(14(18)9-12)3-6-20-15(21)13-10-16(13)4-7-19-8-5-16/h1-2,9,13,19H,3-8,10H2,(H,20,21). The van der Waals surface area contributed by atoms with Crippen molar-refractivity contribution in [3.05, 3.63) is 33.8 Å². The van der Waals surface area contributed by atoms with Crippen LogP contribution in [0.1, 0.15) is 24.8 Å². The van der Waals surface area contributed by atoms with Crippen LogP contribution in [0.25, 0.3) is 0 Å². The predicted molar refractivity (Wildman–Crippen MR) is 85.8 cm³/mol. The summed E-state index contributed by atoms with van der Waals surface area (Å²) in [5.41, 5.74) is 1.32. The van der Waals surface area contributed by atoms with E-state index in [1.165, 1.54) is 0 Å². The fourth-order valence-corrected chi connectivity index (χ4v) is 3.87. The molecule has 3 rings (SSSR count). The van der Waals surface area contributed by atoms with Gasteiger partial charge in [0, 0.05) is 22.5 Å². The number of hydrogen-bond acceptors (Lipinski definition) is 2. The molecule has 1 saturated carbocycles. The van der Waals surface area contributed by atoms with Gasteiger partial charge >= 0.3 is 0 Å². The molecule has 1 heterocycles. The van der Waals surface area contributed by atoms with Gasteiger partial charge in [-0.05, 0) is 61.9 Å². The number of amides is 1. The maximum absolute atomic E-state index is 12.2. The summed E-state index contributed by atoms with van der Waals surface area (Å²) in [5.74, 6) is 0.433. The molecule has 114 valence electrons. The van der Waals surface area contributed by atoms with E-state index < -0.39 is 0 Å². The average Bonchev–Trinajstić information content (AvgIpc) is 3.15. The molecule has 1 aromatic rings. The van der Waals surface area contributed by atoms with Crippen molar-refractivity contribution in [1.82, 2.24) is 10.6 Å². The summed E-state index contributed by atoms with van der Waals surface area (Å²) in [7, 11) is 0. The number of nitrogens with one attached hydrogen (secondary N) is 2. The van der Waals surface area contributed by atoms with Crippen LogP contribution in [0, 0.1) is 11.3 Å². The van der Waals surface area contributed by atoms with Crippen LogP contribution >= 0.6 is 23.2 Å². The molecule has 1 aliphatic carbocycles. The van der Waals surface area contributed by atoms with Crippen LogP contribution in [0.15, 0.2) is 18.2 Å². The molecule has 2 aliphatic rings. The lowest BCUT2D eigenvalue weighted by Gasteiger charge is -2.23. The molecule has 0 aromatic heterocycles. The van der Waals surface area contributed by atoms with Crippen LogP contribution in [0.5, 0.6) is 0 Å². The fraction of sp³-hybridized carbons (Fsp3) is 0.562. The van der Waals surface area contributed by atoms with Crippen LogP contribution in [-0.4, -0.2) is 25.5 Å². The highest BCUT2D eigenvalue weighted by atomic mass is 35.5. The molecule has 21 heavy (non-hydrogen) atoms. The van der Waals surface area contributed by atoms with Gasteiger partial charge in [-0.15, -0.1) is 0 Å². The Labute approximate surface area is 135 Å². The molecule has 1 saturated heterocycles. The first-order valence-electron chi connectivity index (χ1n) is 7.53. The van der Waals surface area contributed by atoms with Crippen LogP contribution in [-0.2, 0) is 11.2 Å². The van der Waals surface area contributed by atoms with Gasteiger partial charge in [0.1, 0.15) is 0 Å². The number of piperidine rings is 1. The highest BCUT2D eigenvalue weighted by Crippen LogP contribution is 2.58. The van der Waals surface area contributed by atoms with E-state index >= 15 is 0 Å². The minimum absolute atomic E-state index is 0.210. The normalized spacial score (nSPS) is 23.0. The zero-order valence-electron chi connectivity index (χ0n) is 11.9.